The molecule has 0 saturated carbocycles. The molecule has 0 spiro atoms. The topological polar surface area (TPSA) is 75.0 Å². The second-order valence-corrected chi connectivity index (χ2v) is 8.26. The molecule has 3 aromatic rings. The Hall–Kier alpha value is -2.66. The van der Waals surface area contributed by atoms with E-state index in [-0.39, 0.29) is 0 Å². The van der Waals surface area contributed by atoms with E-state index < -0.39 is 5.91 Å². The van der Waals surface area contributed by atoms with Crippen LogP contribution in [0.5, 0.6) is 0 Å². The van der Waals surface area contributed by atoms with Gasteiger partial charge in [0.25, 0.3) is 5.91 Å². The maximum Gasteiger partial charge on any atom is 0.269 e. The predicted octanol–water partition coefficient (Wildman–Crippen LogP) is 3.50. The summed E-state index contributed by atoms with van der Waals surface area (Å²) in [5.74, 6) is -0.463. The first-order valence-electron chi connectivity index (χ1n) is 10.2. The minimum atomic E-state index is -0.463. The first-order valence-corrected chi connectivity index (χ1v) is 10.2. The fraction of sp³-hybridized carbons (Fsp3) is 0.391. The maximum absolute atomic E-state index is 12.1. The van der Waals surface area contributed by atoms with E-state index in [4.69, 9.17) is 5.73 Å². The summed E-state index contributed by atoms with van der Waals surface area (Å²) in [5, 5.41) is 1.17. The molecule has 1 aromatic carbocycles. The van der Waals surface area contributed by atoms with Crippen molar-refractivity contribution in [2.24, 2.45) is 5.73 Å². The molecule has 1 amide bonds. The quantitative estimate of drug-likeness (QED) is 0.721. The normalized spacial score (nSPS) is 16.8. The Balaban J connectivity index is 1.85. The number of pyridine rings is 1. The number of nitrogens with two attached hydrogens (primary N) is 1. The highest BCUT2D eigenvalue weighted by Crippen LogP contribution is 2.41. The largest absolute Gasteiger partial charge is 0.364 e. The second kappa shape index (κ2) is 6.45. The van der Waals surface area contributed by atoms with Crippen LogP contribution in [-0.4, -0.2) is 34.4 Å². The molecule has 144 valence electrons. The maximum atomic E-state index is 12.1. The van der Waals surface area contributed by atoms with Crippen LogP contribution in [0.4, 0.5) is 0 Å². The molecule has 5 heteroatoms. The van der Waals surface area contributed by atoms with Crippen molar-refractivity contribution in [1.82, 2.24) is 14.9 Å². The van der Waals surface area contributed by atoms with Crippen LogP contribution >= 0.6 is 0 Å². The molecule has 1 aliphatic carbocycles. The number of benzene rings is 1. The molecule has 0 fully saturated rings. The zero-order valence-corrected chi connectivity index (χ0v) is 16.6. The van der Waals surface area contributed by atoms with Crippen LogP contribution in [0.3, 0.4) is 0 Å². The molecule has 5 rings (SSSR count). The third-order valence-corrected chi connectivity index (χ3v) is 6.38. The van der Waals surface area contributed by atoms with Crippen LogP contribution in [0, 0.1) is 6.92 Å². The highest BCUT2D eigenvalue weighted by atomic mass is 16.1. The van der Waals surface area contributed by atoms with Gasteiger partial charge in [-0.2, -0.15) is 0 Å². The Bertz CT molecular complexity index is 1110. The number of aryl methyl sites for hydroxylation is 3. The van der Waals surface area contributed by atoms with E-state index in [1.807, 2.05) is 6.92 Å². The number of likely N-dealkylation sites (N-methyl/N-ethyl adjacent to an activating group) is 1. The number of hydrogen-bond donors (Lipinski definition) is 2. The summed E-state index contributed by atoms with van der Waals surface area (Å²) in [6.45, 7) is 4.05. The summed E-state index contributed by atoms with van der Waals surface area (Å²) in [7, 11) is 2.17. The molecule has 0 bridgehead atoms. The third kappa shape index (κ3) is 2.57. The van der Waals surface area contributed by atoms with E-state index >= 15 is 0 Å². The minimum absolute atomic E-state index is 0.371. The van der Waals surface area contributed by atoms with Gasteiger partial charge < -0.3 is 15.6 Å². The molecule has 5 nitrogen and oxygen atoms in total. The number of fused-ring (bicyclic) bond motifs is 4. The number of nitrogens with zero attached hydrogens (tertiary/aromatic N) is 2. The Morgan fingerprint density at radius 1 is 1.18 bits per heavy atom. The Labute approximate surface area is 164 Å². The van der Waals surface area contributed by atoms with E-state index in [0.29, 0.717) is 5.69 Å². The number of aromatic nitrogens is 2. The highest BCUT2D eigenvalue weighted by molar-refractivity contribution is 6.10. The molecule has 0 atom stereocenters. The van der Waals surface area contributed by atoms with E-state index in [2.05, 4.69) is 40.1 Å². The Morgan fingerprint density at radius 3 is 2.82 bits per heavy atom. The van der Waals surface area contributed by atoms with Gasteiger partial charge in [0.1, 0.15) is 0 Å². The highest BCUT2D eigenvalue weighted by Gasteiger charge is 2.26. The molecular formula is C23H26N4O. The second-order valence-electron chi connectivity index (χ2n) is 8.26. The number of carbonyl (C=O) groups excluding carboxylic acids is 1. The van der Waals surface area contributed by atoms with Crippen molar-refractivity contribution in [1.29, 1.82) is 0 Å². The van der Waals surface area contributed by atoms with Crippen molar-refractivity contribution in [2.45, 2.75) is 45.6 Å². The van der Waals surface area contributed by atoms with E-state index in [0.717, 1.165) is 43.6 Å². The van der Waals surface area contributed by atoms with Crippen LogP contribution in [0.1, 0.15) is 51.4 Å². The lowest BCUT2D eigenvalue weighted by Crippen LogP contribution is -2.27. The first-order chi connectivity index (χ1) is 13.5. The summed E-state index contributed by atoms with van der Waals surface area (Å²) in [4.78, 5) is 22.7. The Kier molecular flexibility index (Phi) is 4.02. The third-order valence-electron chi connectivity index (χ3n) is 6.38. The van der Waals surface area contributed by atoms with Gasteiger partial charge in [0, 0.05) is 35.4 Å². The molecular weight excluding hydrogens is 348 g/mol. The molecule has 0 radical (unpaired) electrons. The summed E-state index contributed by atoms with van der Waals surface area (Å²) in [6, 6.07) is 6.61. The van der Waals surface area contributed by atoms with Crippen molar-refractivity contribution in [2.75, 3.05) is 13.6 Å². The summed E-state index contributed by atoms with van der Waals surface area (Å²) in [5.41, 5.74) is 15.6. The number of carbonyl (C=O) groups is 1. The van der Waals surface area contributed by atoms with Gasteiger partial charge in [-0.1, -0.05) is 18.2 Å². The van der Waals surface area contributed by atoms with Crippen molar-refractivity contribution < 1.29 is 4.79 Å². The van der Waals surface area contributed by atoms with Gasteiger partial charge in [0.05, 0.1) is 5.52 Å². The van der Waals surface area contributed by atoms with Gasteiger partial charge in [0.15, 0.2) is 5.69 Å². The van der Waals surface area contributed by atoms with E-state index in [9.17, 15) is 4.79 Å². The number of amides is 1. The summed E-state index contributed by atoms with van der Waals surface area (Å²) in [6.07, 6.45) is 5.47. The lowest BCUT2D eigenvalue weighted by atomic mass is 9.86. The average Bonchev–Trinajstić information content (AvgIpc) is 3.06. The van der Waals surface area contributed by atoms with Crippen molar-refractivity contribution in [3.05, 3.63) is 52.0 Å². The molecule has 28 heavy (non-hydrogen) atoms. The fourth-order valence-corrected chi connectivity index (χ4v) is 5.09. The van der Waals surface area contributed by atoms with Crippen molar-refractivity contribution >= 4 is 16.8 Å². The van der Waals surface area contributed by atoms with Crippen LogP contribution in [-0.2, 0) is 25.8 Å². The van der Waals surface area contributed by atoms with Crippen molar-refractivity contribution in [3.8, 4) is 11.1 Å². The molecule has 0 unspecified atom stereocenters. The molecule has 0 saturated heterocycles. The lowest BCUT2D eigenvalue weighted by molar-refractivity contribution is 0.0997. The number of aromatic amines is 1. The molecule has 2 aliphatic rings. The average molecular weight is 374 g/mol. The predicted molar refractivity (Wildman–Crippen MR) is 111 cm³/mol. The molecule has 3 N–H and O–H groups in total. The number of nitrogens with one attached hydrogen (secondary N) is 1. The Morgan fingerprint density at radius 2 is 2.00 bits per heavy atom. The monoisotopic (exact) mass is 374 g/mol. The summed E-state index contributed by atoms with van der Waals surface area (Å²) < 4.78 is 0. The first kappa shape index (κ1) is 17.4. The number of H-pyrrole nitrogens is 1. The molecule has 3 heterocycles. The molecule has 1 aliphatic heterocycles. The van der Waals surface area contributed by atoms with Crippen LogP contribution < -0.4 is 5.73 Å². The zero-order chi connectivity index (χ0) is 19.4. The van der Waals surface area contributed by atoms with Crippen LogP contribution in [0.15, 0.2) is 18.2 Å². The van der Waals surface area contributed by atoms with Gasteiger partial charge in [0.2, 0.25) is 0 Å². The number of rotatable bonds is 2. The van der Waals surface area contributed by atoms with Gasteiger partial charge >= 0.3 is 0 Å². The number of hydrogen-bond acceptors (Lipinski definition) is 3. The smallest absolute Gasteiger partial charge is 0.269 e. The van der Waals surface area contributed by atoms with Crippen molar-refractivity contribution in [3.63, 3.8) is 0 Å². The van der Waals surface area contributed by atoms with Gasteiger partial charge in [-0.25, -0.2) is 4.98 Å². The van der Waals surface area contributed by atoms with E-state index in [1.54, 1.807) is 0 Å². The lowest BCUT2D eigenvalue weighted by Gasteiger charge is -2.27. The number of primary amides is 1. The van der Waals surface area contributed by atoms with Crippen LogP contribution in [0.25, 0.3) is 22.0 Å². The summed E-state index contributed by atoms with van der Waals surface area (Å²) >= 11 is 0. The van der Waals surface area contributed by atoms with Gasteiger partial charge in [-0.05, 0) is 68.3 Å². The fourth-order valence-electron chi connectivity index (χ4n) is 5.09. The SMILES string of the molecule is Cc1nc(C(N)=O)c2[nH]c3c(c2c1-c1cccc2c1CCN(C)C2)CCCC3. The zero-order valence-electron chi connectivity index (χ0n) is 16.6. The minimum Gasteiger partial charge on any atom is -0.364 e. The van der Waals surface area contributed by atoms with E-state index in [1.165, 1.54) is 51.7 Å². The van der Waals surface area contributed by atoms with Gasteiger partial charge in [-0.3, -0.25) is 4.79 Å². The van der Waals surface area contributed by atoms with Gasteiger partial charge in [-0.15, -0.1) is 0 Å². The standard InChI is InChI=1S/C23H26N4O/c1-13-19(16-8-5-6-14-12-27(2)11-10-15(14)16)20-17-7-3-4-9-18(17)26-21(20)22(25-13)23(24)28/h5-6,8,26H,3-4,7,9-12H2,1-2H3,(H2,24,28). The molecule has 2 aromatic heterocycles. The van der Waals surface area contributed by atoms with Crippen LogP contribution in [0.2, 0.25) is 0 Å².